The molecule has 0 fully saturated rings. The van der Waals surface area contributed by atoms with Gasteiger partial charge in [-0.25, -0.2) is 0 Å². The molecule has 0 bridgehead atoms. The van der Waals surface area contributed by atoms with Gasteiger partial charge in [-0.2, -0.15) is 0 Å². The molecule has 0 aliphatic carbocycles. The quantitative estimate of drug-likeness (QED) is 0.707. The first-order valence-electron chi connectivity index (χ1n) is 4.71. The van der Waals surface area contributed by atoms with Crippen LogP contribution in [0.15, 0.2) is 12.3 Å². The van der Waals surface area contributed by atoms with Gasteiger partial charge >= 0.3 is 0 Å². The first kappa shape index (κ1) is 9.90. The second-order valence-electron chi connectivity index (χ2n) is 3.16. The molecule has 0 spiro atoms. The summed E-state index contributed by atoms with van der Waals surface area (Å²) in [4.78, 5) is 8.64. The smallest absolute Gasteiger partial charge is 0.0813 e. The van der Waals surface area contributed by atoms with E-state index >= 15 is 0 Å². The van der Waals surface area contributed by atoms with Crippen LogP contribution in [0.2, 0.25) is 0 Å². The maximum Gasteiger partial charge on any atom is 0.0813 e. The van der Waals surface area contributed by atoms with Crippen molar-refractivity contribution in [1.29, 1.82) is 0 Å². The minimum absolute atomic E-state index is 0.955. The Balaban J connectivity index is 2.73. The summed E-state index contributed by atoms with van der Waals surface area (Å²) in [6.45, 7) is 6.12. The first-order valence-corrected chi connectivity index (χ1v) is 4.71. The molecule has 2 nitrogen and oxygen atoms in total. The Morgan fingerprint density at radius 2 is 2.08 bits per heavy atom. The highest BCUT2D eigenvalue weighted by Gasteiger charge is 1.94. The fourth-order valence-electron chi connectivity index (χ4n) is 1.01. The van der Waals surface area contributed by atoms with Crippen LogP contribution in [0.5, 0.6) is 0 Å². The lowest BCUT2D eigenvalue weighted by molar-refractivity contribution is 0.960. The molecule has 0 amide bonds. The second-order valence-corrected chi connectivity index (χ2v) is 3.16. The van der Waals surface area contributed by atoms with E-state index in [0.29, 0.717) is 0 Å². The van der Waals surface area contributed by atoms with E-state index in [1.807, 2.05) is 26.1 Å². The van der Waals surface area contributed by atoms with Gasteiger partial charge in [0.05, 0.1) is 23.3 Å². The fourth-order valence-corrected chi connectivity index (χ4v) is 1.01. The van der Waals surface area contributed by atoms with Crippen LogP contribution in [-0.4, -0.2) is 9.97 Å². The molecular weight excluding hydrogens is 160 g/mol. The Morgan fingerprint density at radius 1 is 1.31 bits per heavy atom. The summed E-state index contributed by atoms with van der Waals surface area (Å²) in [6.07, 6.45) is 8.26. The predicted octanol–water partition coefficient (Wildman–Crippen LogP) is 2.91. The Kier molecular flexibility index (Phi) is 3.62. The van der Waals surface area contributed by atoms with Crippen molar-refractivity contribution in [3.05, 3.63) is 29.4 Å². The minimum atomic E-state index is 0.955. The van der Waals surface area contributed by atoms with Gasteiger partial charge in [0.2, 0.25) is 0 Å². The summed E-state index contributed by atoms with van der Waals surface area (Å²) in [6, 6.07) is 0. The van der Waals surface area contributed by atoms with E-state index in [1.54, 1.807) is 0 Å². The molecule has 13 heavy (non-hydrogen) atoms. The lowest BCUT2D eigenvalue weighted by Gasteiger charge is -1.98. The molecular formula is C11H16N2. The molecule has 0 saturated heterocycles. The van der Waals surface area contributed by atoms with Gasteiger partial charge in [-0.15, -0.1) is 0 Å². The molecule has 1 rings (SSSR count). The van der Waals surface area contributed by atoms with E-state index in [1.165, 1.54) is 6.42 Å². The third kappa shape index (κ3) is 2.98. The van der Waals surface area contributed by atoms with Crippen LogP contribution in [0.25, 0.3) is 6.08 Å². The van der Waals surface area contributed by atoms with Crippen molar-refractivity contribution in [2.45, 2.75) is 33.6 Å². The fraction of sp³-hybridized carbons (Fsp3) is 0.455. The van der Waals surface area contributed by atoms with E-state index in [2.05, 4.69) is 23.0 Å². The van der Waals surface area contributed by atoms with Gasteiger partial charge in [-0.1, -0.05) is 19.4 Å². The third-order valence-electron chi connectivity index (χ3n) is 1.95. The van der Waals surface area contributed by atoms with E-state index in [-0.39, 0.29) is 0 Å². The van der Waals surface area contributed by atoms with Crippen LogP contribution in [0, 0.1) is 13.8 Å². The minimum Gasteiger partial charge on any atom is -0.257 e. The Labute approximate surface area is 79.7 Å². The summed E-state index contributed by atoms with van der Waals surface area (Å²) in [5, 5.41) is 0. The van der Waals surface area contributed by atoms with Gasteiger partial charge in [0, 0.05) is 0 Å². The highest BCUT2D eigenvalue weighted by Crippen LogP contribution is 2.03. The summed E-state index contributed by atoms with van der Waals surface area (Å²) in [5.74, 6) is 0. The first-order chi connectivity index (χ1) is 6.24. The number of hydrogen-bond donors (Lipinski definition) is 0. The number of rotatable bonds is 3. The summed E-state index contributed by atoms with van der Waals surface area (Å²) in [7, 11) is 0. The molecule has 0 aliphatic rings. The lowest BCUT2D eigenvalue weighted by atomic mass is 10.2. The van der Waals surface area contributed by atoms with Crippen LogP contribution in [0.4, 0.5) is 0 Å². The highest BCUT2D eigenvalue weighted by atomic mass is 14.8. The van der Waals surface area contributed by atoms with Gasteiger partial charge in [-0.3, -0.25) is 9.97 Å². The van der Waals surface area contributed by atoms with Gasteiger partial charge in [0.1, 0.15) is 0 Å². The number of aryl methyl sites for hydroxylation is 2. The molecule has 0 atom stereocenters. The standard InChI is InChI=1S/C11H16N2/c1-4-5-6-7-11-8-12-9(2)10(3)13-11/h6-8H,4-5H2,1-3H3. The topological polar surface area (TPSA) is 25.8 Å². The number of unbranched alkanes of at least 4 members (excludes halogenated alkanes) is 1. The third-order valence-corrected chi connectivity index (χ3v) is 1.95. The van der Waals surface area contributed by atoms with Gasteiger partial charge in [0.25, 0.3) is 0 Å². The zero-order valence-electron chi connectivity index (χ0n) is 8.54. The largest absolute Gasteiger partial charge is 0.257 e. The van der Waals surface area contributed by atoms with Crippen molar-refractivity contribution in [2.75, 3.05) is 0 Å². The van der Waals surface area contributed by atoms with E-state index in [0.717, 1.165) is 23.5 Å². The monoisotopic (exact) mass is 176 g/mol. The lowest BCUT2D eigenvalue weighted by Crippen LogP contribution is -1.92. The van der Waals surface area contributed by atoms with Gasteiger partial charge in [0.15, 0.2) is 0 Å². The maximum absolute atomic E-state index is 4.40. The van der Waals surface area contributed by atoms with Crippen molar-refractivity contribution in [3.63, 3.8) is 0 Å². The Bertz CT molecular complexity index is 303. The molecule has 2 heteroatoms. The molecule has 70 valence electrons. The van der Waals surface area contributed by atoms with E-state index in [9.17, 15) is 0 Å². The van der Waals surface area contributed by atoms with E-state index in [4.69, 9.17) is 0 Å². The Morgan fingerprint density at radius 3 is 2.69 bits per heavy atom. The van der Waals surface area contributed by atoms with Crippen LogP contribution in [-0.2, 0) is 0 Å². The maximum atomic E-state index is 4.40. The van der Waals surface area contributed by atoms with Gasteiger partial charge in [-0.05, 0) is 26.3 Å². The van der Waals surface area contributed by atoms with Crippen LogP contribution < -0.4 is 0 Å². The number of hydrogen-bond acceptors (Lipinski definition) is 2. The molecule has 1 heterocycles. The Hall–Kier alpha value is -1.18. The summed E-state index contributed by atoms with van der Waals surface area (Å²) < 4.78 is 0. The molecule has 0 aliphatic heterocycles. The van der Waals surface area contributed by atoms with E-state index < -0.39 is 0 Å². The molecule has 0 saturated carbocycles. The number of nitrogens with zero attached hydrogens (tertiary/aromatic N) is 2. The van der Waals surface area contributed by atoms with Crippen molar-refractivity contribution >= 4 is 6.08 Å². The van der Waals surface area contributed by atoms with Crippen LogP contribution in [0.3, 0.4) is 0 Å². The zero-order valence-corrected chi connectivity index (χ0v) is 8.54. The number of aromatic nitrogens is 2. The molecule has 0 radical (unpaired) electrons. The molecule has 0 N–H and O–H groups in total. The average molecular weight is 176 g/mol. The van der Waals surface area contributed by atoms with Crippen molar-refractivity contribution in [2.24, 2.45) is 0 Å². The number of allylic oxidation sites excluding steroid dienone is 1. The summed E-state index contributed by atoms with van der Waals surface area (Å²) >= 11 is 0. The molecule has 0 unspecified atom stereocenters. The normalized spacial score (nSPS) is 11.0. The van der Waals surface area contributed by atoms with Crippen molar-refractivity contribution in [3.8, 4) is 0 Å². The SMILES string of the molecule is CCCC=Cc1cnc(C)c(C)n1. The second kappa shape index (κ2) is 4.75. The van der Waals surface area contributed by atoms with Crippen molar-refractivity contribution < 1.29 is 0 Å². The predicted molar refractivity (Wildman–Crippen MR) is 55.4 cm³/mol. The van der Waals surface area contributed by atoms with Crippen LogP contribution in [0.1, 0.15) is 36.8 Å². The average Bonchev–Trinajstić information content (AvgIpc) is 2.12. The molecule has 0 aromatic carbocycles. The molecule has 1 aromatic heterocycles. The van der Waals surface area contributed by atoms with Crippen LogP contribution >= 0.6 is 0 Å². The summed E-state index contributed by atoms with van der Waals surface area (Å²) in [5.41, 5.74) is 2.97. The van der Waals surface area contributed by atoms with Gasteiger partial charge < -0.3 is 0 Å². The van der Waals surface area contributed by atoms with Crippen molar-refractivity contribution in [1.82, 2.24) is 9.97 Å². The zero-order chi connectivity index (χ0) is 9.68. The highest BCUT2D eigenvalue weighted by molar-refractivity contribution is 5.43. The molecule has 1 aromatic rings.